The van der Waals surface area contributed by atoms with E-state index in [1.165, 1.54) is 31.4 Å². The summed E-state index contributed by atoms with van der Waals surface area (Å²) in [7, 11) is 1.23. The molecule has 0 radical (unpaired) electrons. The molecule has 0 fully saturated rings. The zero-order chi connectivity index (χ0) is 13.1. The quantitative estimate of drug-likeness (QED) is 0.825. The van der Waals surface area contributed by atoms with Crippen LogP contribution in [-0.4, -0.2) is 18.1 Å². The maximum atomic E-state index is 13.1. The second kappa shape index (κ2) is 4.83. The number of halogens is 1. The number of aromatic amines is 1. The van der Waals surface area contributed by atoms with Crippen molar-refractivity contribution in [2.75, 3.05) is 7.11 Å². The minimum absolute atomic E-state index is 0.125. The van der Waals surface area contributed by atoms with Gasteiger partial charge in [0, 0.05) is 17.3 Å². The topological polar surface area (TPSA) is 59.2 Å². The largest absolute Gasteiger partial charge is 0.465 e. The molecular formula is C13H10FNO3. The molecule has 0 amide bonds. The molecule has 0 saturated heterocycles. The molecule has 1 N–H and O–H groups in total. The van der Waals surface area contributed by atoms with Crippen LogP contribution in [0, 0.1) is 5.82 Å². The number of esters is 1. The molecule has 0 saturated carbocycles. The Morgan fingerprint density at radius 2 is 2.06 bits per heavy atom. The lowest BCUT2D eigenvalue weighted by Crippen LogP contribution is -2.11. The number of benzene rings is 1. The van der Waals surface area contributed by atoms with Crippen molar-refractivity contribution in [3.63, 3.8) is 0 Å². The van der Waals surface area contributed by atoms with Gasteiger partial charge in [-0.15, -0.1) is 0 Å². The summed E-state index contributed by atoms with van der Waals surface area (Å²) in [6.07, 6.45) is 0. The Morgan fingerprint density at radius 1 is 1.28 bits per heavy atom. The van der Waals surface area contributed by atoms with E-state index < -0.39 is 17.3 Å². The standard InChI is InChI=1S/C13H10FNO3/c1-18-13(17)9-6-11(15-12(16)7-9)8-3-2-4-10(14)5-8/h2-7H,1H3,(H,15,16). The van der Waals surface area contributed by atoms with Gasteiger partial charge in [-0.05, 0) is 18.2 Å². The predicted octanol–water partition coefficient (Wildman–Crippen LogP) is 1.97. The van der Waals surface area contributed by atoms with Crippen LogP contribution in [0.1, 0.15) is 10.4 Å². The summed E-state index contributed by atoms with van der Waals surface area (Å²) in [5.41, 5.74) is 0.526. The van der Waals surface area contributed by atoms with E-state index in [0.717, 1.165) is 6.07 Å². The SMILES string of the molecule is COC(=O)c1cc(-c2cccc(F)c2)[nH]c(=O)c1. The molecule has 0 atom stereocenters. The normalized spacial score (nSPS) is 10.1. The number of pyridine rings is 1. The first-order chi connectivity index (χ1) is 8.60. The first-order valence-electron chi connectivity index (χ1n) is 5.19. The highest BCUT2D eigenvalue weighted by atomic mass is 19.1. The monoisotopic (exact) mass is 247 g/mol. The number of aromatic nitrogens is 1. The van der Waals surface area contributed by atoms with Gasteiger partial charge >= 0.3 is 5.97 Å². The number of methoxy groups -OCH3 is 1. The highest BCUT2D eigenvalue weighted by Gasteiger charge is 2.09. The molecule has 18 heavy (non-hydrogen) atoms. The van der Waals surface area contributed by atoms with Gasteiger partial charge in [0.05, 0.1) is 12.7 Å². The molecule has 1 heterocycles. The number of H-pyrrole nitrogens is 1. The van der Waals surface area contributed by atoms with Crippen LogP contribution in [0.15, 0.2) is 41.2 Å². The highest BCUT2D eigenvalue weighted by molar-refractivity contribution is 5.90. The van der Waals surface area contributed by atoms with E-state index in [9.17, 15) is 14.0 Å². The molecule has 0 aliphatic rings. The van der Waals surface area contributed by atoms with Crippen molar-refractivity contribution < 1.29 is 13.9 Å². The fourth-order valence-electron chi connectivity index (χ4n) is 1.59. The maximum Gasteiger partial charge on any atom is 0.338 e. The minimum Gasteiger partial charge on any atom is -0.465 e. The molecule has 0 bridgehead atoms. The van der Waals surface area contributed by atoms with Crippen molar-refractivity contribution in [2.45, 2.75) is 0 Å². The van der Waals surface area contributed by atoms with Gasteiger partial charge in [0.25, 0.3) is 0 Å². The van der Waals surface area contributed by atoms with Gasteiger partial charge in [0.1, 0.15) is 5.82 Å². The van der Waals surface area contributed by atoms with Gasteiger partial charge in [0.15, 0.2) is 0 Å². The van der Waals surface area contributed by atoms with Crippen LogP contribution < -0.4 is 5.56 Å². The second-order valence-corrected chi connectivity index (χ2v) is 3.65. The summed E-state index contributed by atoms with van der Waals surface area (Å²) in [4.78, 5) is 25.3. The summed E-state index contributed by atoms with van der Waals surface area (Å²) < 4.78 is 17.6. The molecular weight excluding hydrogens is 237 g/mol. The molecule has 92 valence electrons. The van der Waals surface area contributed by atoms with Gasteiger partial charge in [-0.3, -0.25) is 4.79 Å². The first kappa shape index (κ1) is 12.0. The Bertz CT molecular complexity index is 649. The van der Waals surface area contributed by atoms with E-state index in [-0.39, 0.29) is 5.56 Å². The molecule has 0 aliphatic carbocycles. The number of ether oxygens (including phenoxy) is 1. The molecule has 4 nitrogen and oxygen atoms in total. The van der Waals surface area contributed by atoms with Crippen molar-refractivity contribution in [2.24, 2.45) is 0 Å². The summed E-state index contributed by atoms with van der Waals surface area (Å²) >= 11 is 0. The molecule has 5 heteroatoms. The first-order valence-corrected chi connectivity index (χ1v) is 5.19. The van der Waals surface area contributed by atoms with E-state index in [4.69, 9.17) is 0 Å². The number of hydrogen-bond donors (Lipinski definition) is 1. The average Bonchev–Trinajstić information content (AvgIpc) is 2.37. The summed E-state index contributed by atoms with van der Waals surface area (Å²) in [5, 5.41) is 0. The fourth-order valence-corrected chi connectivity index (χ4v) is 1.59. The van der Waals surface area contributed by atoms with E-state index in [1.807, 2.05) is 0 Å². The van der Waals surface area contributed by atoms with Gasteiger partial charge in [-0.2, -0.15) is 0 Å². The number of carbonyl (C=O) groups is 1. The van der Waals surface area contributed by atoms with Gasteiger partial charge in [-0.1, -0.05) is 12.1 Å². The lowest BCUT2D eigenvalue weighted by molar-refractivity contribution is 0.0600. The average molecular weight is 247 g/mol. The second-order valence-electron chi connectivity index (χ2n) is 3.65. The van der Waals surface area contributed by atoms with E-state index in [0.29, 0.717) is 11.3 Å². The molecule has 2 aromatic rings. The predicted molar refractivity (Wildman–Crippen MR) is 63.8 cm³/mol. The van der Waals surface area contributed by atoms with E-state index in [2.05, 4.69) is 9.72 Å². The Labute approximate surface area is 102 Å². The highest BCUT2D eigenvalue weighted by Crippen LogP contribution is 2.17. The Morgan fingerprint density at radius 3 is 2.72 bits per heavy atom. The van der Waals surface area contributed by atoms with Crippen LogP contribution in [0.4, 0.5) is 4.39 Å². The minimum atomic E-state index is -0.612. The van der Waals surface area contributed by atoms with Gasteiger partial charge < -0.3 is 9.72 Å². The maximum absolute atomic E-state index is 13.1. The summed E-state index contributed by atoms with van der Waals surface area (Å²) in [5.74, 6) is -1.03. The van der Waals surface area contributed by atoms with Crippen LogP contribution in [0.25, 0.3) is 11.3 Å². The Balaban J connectivity index is 2.55. The zero-order valence-electron chi connectivity index (χ0n) is 9.57. The van der Waals surface area contributed by atoms with Crippen molar-refractivity contribution in [3.8, 4) is 11.3 Å². The molecule has 2 rings (SSSR count). The smallest absolute Gasteiger partial charge is 0.338 e. The third-order valence-electron chi connectivity index (χ3n) is 2.40. The van der Waals surface area contributed by atoms with E-state index in [1.54, 1.807) is 6.07 Å². The Hall–Kier alpha value is -2.43. The molecule has 0 aliphatic heterocycles. The lowest BCUT2D eigenvalue weighted by Gasteiger charge is -2.04. The van der Waals surface area contributed by atoms with Gasteiger partial charge in [0.2, 0.25) is 5.56 Å². The molecule has 1 aromatic heterocycles. The van der Waals surface area contributed by atoms with Crippen molar-refractivity contribution >= 4 is 5.97 Å². The van der Waals surface area contributed by atoms with E-state index >= 15 is 0 Å². The summed E-state index contributed by atoms with van der Waals surface area (Å²) in [6.45, 7) is 0. The van der Waals surface area contributed by atoms with Crippen LogP contribution in [0.3, 0.4) is 0 Å². The van der Waals surface area contributed by atoms with Crippen LogP contribution in [0.5, 0.6) is 0 Å². The number of nitrogens with one attached hydrogen (secondary N) is 1. The van der Waals surface area contributed by atoms with Crippen molar-refractivity contribution in [3.05, 3.63) is 58.1 Å². The Kier molecular flexibility index (Phi) is 3.23. The van der Waals surface area contributed by atoms with Crippen LogP contribution >= 0.6 is 0 Å². The van der Waals surface area contributed by atoms with Crippen LogP contribution in [-0.2, 0) is 4.74 Å². The molecule has 1 aromatic carbocycles. The van der Waals surface area contributed by atoms with Gasteiger partial charge in [-0.25, -0.2) is 9.18 Å². The van der Waals surface area contributed by atoms with Crippen molar-refractivity contribution in [1.29, 1.82) is 0 Å². The molecule has 0 unspecified atom stereocenters. The zero-order valence-corrected chi connectivity index (χ0v) is 9.57. The van der Waals surface area contributed by atoms with Crippen molar-refractivity contribution in [1.82, 2.24) is 4.98 Å². The third kappa shape index (κ3) is 2.45. The fraction of sp³-hybridized carbons (Fsp3) is 0.0769. The van der Waals surface area contributed by atoms with Crippen LogP contribution in [0.2, 0.25) is 0 Å². The lowest BCUT2D eigenvalue weighted by atomic mass is 10.1. The third-order valence-corrected chi connectivity index (χ3v) is 2.40. The number of carbonyl (C=O) groups excluding carboxylic acids is 1. The number of rotatable bonds is 2. The molecule has 0 spiro atoms. The number of hydrogen-bond acceptors (Lipinski definition) is 3. The summed E-state index contributed by atoms with van der Waals surface area (Å²) in [6, 6.07) is 8.30.